The third-order valence-electron chi connectivity index (χ3n) is 12.9. The quantitative estimate of drug-likeness (QED) is 0.151. The number of hydrogen-bond donors (Lipinski definition) is 1. The van der Waals surface area contributed by atoms with Gasteiger partial charge in [0.2, 0.25) is 0 Å². The predicted octanol–water partition coefficient (Wildman–Crippen LogP) is 10.9. The molecule has 1 N–H and O–H groups in total. The van der Waals surface area contributed by atoms with E-state index in [1.54, 1.807) is 0 Å². The Morgan fingerprint density at radius 1 is 1.03 bits per heavy atom. The van der Waals surface area contributed by atoms with Gasteiger partial charge in [0, 0.05) is 12.3 Å². The van der Waals surface area contributed by atoms with Crippen LogP contribution in [0.3, 0.4) is 0 Å². The zero-order valence-electron chi connectivity index (χ0n) is 26.6. The van der Waals surface area contributed by atoms with Crippen molar-refractivity contribution < 1.29 is 14.6 Å². The third kappa shape index (κ3) is 6.28. The summed E-state index contributed by atoms with van der Waals surface area (Å²) in [7, 11) is 0. The summed E-state index contributed by atoms with van der Waals surface area (Å²) in [6.07, 6.45) is 20.4. The van der Waals surface area contributed by atoms with Crippen molar-refractivity contribution in [3.8, 4) is 0 Å². The van der Waals surface area contributed by atoms with Crippen LogP contribution < -0.4 is 0 Å². The Balaban J connectivity index is 1.54. The molecule has 0 saturated heterocycles. The Labute approximate surface area is 241 Å². The maximum Gasteiger partial charge on any atom is 0.506 e. The molecular weight excluding hydrogens is 480 g/mol. The summed E-state index contributed by atoms with van der Waals surface area (Å²) >= 11 is 0. The molecule has 0 aromatic rings. The monoisotopic (exact) mass is 542 g/mol. The normalized spacial score (nSPS) is 39.3. The minimum Gasteiger partial charge on any atom is -0.450 e. The first-order valence-electron chi connectivity index (χ1n) is 17.1. The lowest BCUT2D eigenvalue weighted by Crippen LogP contribution is -2.53. The van der Waals surface area contributed by atoms with E-state index in [-0.39, 0.29) is 11.5 Å². The number of fused-ring (bicyclic) bond motifs is 5. The van der Waals surface area contributed by atoms with E-state index in [0.717, 1.165) is 54.8 Å². The molecule has 3 saturated carbocycles. The van der Waals surface area contributed by atoms with Crippen LogP contribution >= 0.6 is 0 Å². The van der Waals surface area contributed by atoms with Crippen LogP contribution in [0.4, 0.5) is 4.79 Å². The first-order valence-corrected chi connectivity index (χ1v) is 17.1. The minimum atomic E-state index is -1.08. The Kier molecular flexibility index (Phi) is 10.2. The molecule has 2 unspecified atom stereocenters. The summed E-state index contributed by atoms with van der Waals surface area (Å²) in [5.74, 6) is 5.91. The Morgan fingerprint density at radius 3 is 2.46 bits per heavy atom. The lowest BCUT2D eigenvalue weighted by atomic mass is 9.45. The maximum absolute atomic E-state index is 11.8. The molecule has 0 heterocycles. The van der Waals surface area contributed by atoms with Crippen molar-refractivity contribution >= 4 is 6.16 Å². The van der Waals surface area contributed by atoms with Crippen LogP contribution in [0.25, 0.3) is 0 Å². The Morgan fingerprint density at radius 2 is 1.79 bits per heavy atom. The van der Waals surface area contributed by atoms with E-state index < -0.39 is 6.16 Å². The Bertz CT molecular complexity index is 846. The van der Waals surface area contributed by atoms with E-state index in [0.29, 0.717) is 17.3 Å². The van der Waals surface area contributed by atoms with Gasteiger partial charge >= 0.3 is 6.16 Å². The van der Waals surface area contributed by atoms with Crippen molar-refractivity contribution in [2.45, 2.75) is 151 Å². The van der Waals surface area contributed by atoms with E-state index in [4.69, 9.17) is 4.74 Å². The standard InChI is InChI=1S/C36H62O3/c1-8-10-11-15-26(9-2)29-23-36(7)27(22-33(29)39-34(37)38)16-17-28-31-19-18-30(25(5)14-12-13-24(3)4)35(31,6)21-20-32(28)36/h16,24-26,28-33H,8-15,17-23H2,1-7H3,(H,37,38)/t25-,26?,28+,29?,30-,31+,32+,33-,35-,36+/m1/s1. The van der Waals surface area contributed by atoms with Crippen LogP contribution in [0.15, 0.2) is 11.6 Å². The largest absolute Gasteiger partial charge is 0.506 e. The molecular formula is C36H62O3. The van der Waals surface area contributed by atoms with E-state index in [2.05, 4.69) is 54.5 Å². The molecule has 4 aliphatic carbocycles. The van der Waals surface area contributed by atoms with Crippen molar-refractivity contribution in [3.63, 3.8) is 0 Å². The molecule has 3 fully saturated rings. The fraction of sp³-hybridized carbons (Fsp3) is 0.917. The first kappa shape index (κ1) is 31.0. The van der Waals surface area contributed by atoms with Gasteiger partial charge in [-0.3, -0.25) is 0 Å². The van der Waals surface area contributed by atoms with Crippen molar-refractivity contribution in [1.29, 1.82) is 0 Å². The molecule has 39 heavy (non-hydrogen) atoms. The second-order valence-electron chi connectivity index (χ2n) is 15.4. The average molecular weight is 543 g/mol. The van der Waals surface area contributed by atoms with Gasteiger partial charge in [-0.25, -0.2) is 4.79 Å². The topological polar surface area (TPSA) is 46.5 Å². The number of rotatable bonds is 12. The van der Waals surface area contributed by atoms with E-state index in [1.165, 1.54) is 82.6 Å². The fourth-order valence-electron chi connectivity index (χ4n) is 10.9. The number of carbonyl (C=O) groups is 1. The summed E-state index contributed by atoms with van der Waals surface area (Å²) in [6.45, 7) is 17.2. The second-order valence-corrected chi connectivity index (χ2v) is 15.4. The molecule has 0 amide bonds. The van der Waals surface area contributed by atoms with Gasteiger partial charge in [-0.15, -0.1) is 0 Å². The Hall–Kier alpha value is -0.990. The maximum atomic E-state index is 11.8. The van der Waals surface area contributed by atoms with E-state index in [9.17, 15) is 9.90 Å². The average Bonchev–Trinajstić information content (AvgIpc) is 3.23. The van der Waals surface area contributed by atoms with Crippen molar-refractivity contribution in [2.75, 3.05) is 0 Å². The van der Waals surface area contributed by atoms with Crippen LogP contribution in [-0.2, 0) is 4.74 Å². The zero-order valence-corrected chi connectivity index (χ0v) is 26.6. The van der Waals surface area contributed by atoms with Crippen LogP contribution in [0.5, 0.6) is 0 Å². The molecule has 224 valence electrons. The highest BCUT2D eigenvalue weighted by Crippen LogP contribution is 2.68. The molecule has 0 radical (unpaired) electrons. The highest BCUT2D eigenvalue weighted by molar-refractivity contribution is 5.57. The molecule has 0 spiro atoms. The predicted molar refractivity (Wildman–Crippen MR) is 163 cm³/mol. The lowest BCUT2D eigenvalue weighted by Gasteiger charge is -2.60. The molecule has 0 aromatic heterocycles. The van der Waals surface area contributed by atoms with Gasteiger partial charge in [-0.1, -0.05) is 111 Å². The fourth-order valence-corrected chi connectivity index (χ4v) is 10.9. The summed E-state index contributed by atoms with van der Waals surface area (Å²) in [5, 5.41) is 9.64. The van der Waals surface area contributed by atoms with Crippen molar-refractivity contribution in [2.24, 2.45) is 58.2 Å². The number of carboxylic acid groups (broad SMARTS) is 1. The second kappa shape index (κ2) is 12.9. The van der Waals surface area contributed by atoms with Gasteiger partial charge in [0.05, 0.1) is 0 Å². The molecule has 0 aromatic carbocycles. The molecule has 4 aliphatic rings. The molecule has 3 heteroatoms. The summed E-state index contributed by atoms with van der Waals surface area (Å²) in [6, 6.07) is 0. The van der Waals surface area contributed by atoms with Gasteiger partial charge in [0.25, 0.3) is 0 Å². The van der Waals surface area contributed by atoms with Crippen LogP contribution in [0.2, 0.25) is 0 Å². The number of hydrogen-bond acceptors (Lipinski definition) is 2. The zero-order chi connectivity index (χ0) is 28.4. The molecule has 0 bridgehead atoms. The van der Waals surface area contributed by atoms with Crippen molar-refractivity contribution in [1.82, 2.24) is 0 Å². The smallest absolute Gasteiger partial charge is 0.450 e. The van der Waals surface area contributed by atoms with Crippen molar-refractivity contribution in [3.05, 3.63) is 11.6 Å². The first-order chi connectivity index (χ1) is 18.5. The minimum absolute atomic E-state index is 0.165. The molecule has 10 atom stereocenters. The highest BCUT2D eigenvalue weighted by atomic mass is 16.7. The lowest BCUT2D eigenvalue weighted by molar-refractivity contribution is -0.0832. The van der Waals surface area contributed by atoms with Crippen LogP contribution in [0.1, 0.15) is 145 Å². The van der Waals surface area contributed by atoms with Crippen LogP contribution in [0, 0.1) is 58.2 Å². The molecule has 4 rings (SSSR count). The van der Waals surface area contributed by atoms with Gasteiger partial charge in [0.1, 0.15) is 6.10 Å². The summed E-state index contributed by atoms with van der Waals surface area (Å²) in [4.78, 5) is 11.8. The summed E-state index contributed by atoms with van der Waals surface area (Å²) in [5.41, 5.74) is 2.26. The number of ether oxygens (including phenoxy) is 1. The van der Waals surface area contributed by atoms with Gasteiger partial charge < -0.3 is 9.84 Å². The van der Waals surface area contributed by atoms with E-state index in [1.807, 2.05) is 0 Å². The van der Waals surface area contributed by atoms with Gasteiger partial charge in [0.15, 0.2) is 0 Å². The summed E-state index contributed by atoms with van der Waals surface area (Å²) < 4.78 is 5.67. The van der Waals surface area contributed by atoms with E-state index >= 15 is 0 Å². The van der Waals surface area contributed by atoms with Crippen LogP contribution in [-0.4, -0.2) is 17.4 Å². The van der Waals surface area contributed by atoms with Gasteiger partial charge in [-0.2, -0.15) is 0 Å². The third-order valence-corrected chi connectivity index (χ3v) is 12.9. The molecule has 3 nitrogen and oxygen atoms in total. The van der Waals surface area contributed by atoms with Gasteiger partial charge in [-0.05, 0) is 90.8 Å². The molecule has 0 aliphatic heterocycles. The number of allylic oxidation sites excluding steroid dienone is 1. The number of unbranched alkanes of at least 4 members (excludes halogenated alkanes) is 2. The highest BCUT2D eigenvalue weighted by Gasteiger charge is 2.60. The SMILES string of the molecule is CCCCCC(CC)C1C[C@@]2(C)C(=CC[C@H]3[C@@H]4CC[C@H]([C@H](C)CCCC(C)C)[C@@]4(C)CC[C@@H]32)C[C@H]1OC(=O)O.